The van der Waals surface area contributed by atoms with E-state index in [1.54, 1.807) is 4.31 Å². The molecule has 1 aliphatic rings. The molecule has 0 unspecified atom stereocenters. The zero-order valence-corrected chi connectivity index (χ0v) is 18.2. The van der Waals surface area contributed by atoms with Crippen LogP contribution >= 0.6 is 0 Å². The molecule has 0 saturated carbocycles. The number of hydrogen-bond donors (Lipinski definition) is 0. The number of oxazole rings is 1. The Hall–Kier alpha value is -2.22. The fourth-order valence-corrected chi connectivity index (χ4v) is 6.00. The van der Waals surface area contributed by atoms with E-state index < -0.39 is 10.0 Å². The van der Waals surface area contributed by atoms with E-state index in [-0.39, 0.29) is 0 Å². The van der Waals surface area contributed by atoms with Crippen LogP contribution in [0, 0.1) is 27.7 Å². The minimum atomic E-state index is -3.52. The smallest absolute Gasteiger partial charge is 0.243 e. The molecule has 7 heteroatoms. The molecule has 1 aromatic heterocycles. The van der Waals surface area contributed by atoms with Crippen LogP contribution in [0.1, 0.15) is 28.1 Å². The van der Waals surface area contributed by atoms with Crippen molar-refractivity contribution >= 4 is 21.1 Å². The van der Waals surface area contributed by atoms with Crippen molar-refractivity contribution in [3.8, 4) is 0 Å². The van der Waals surface area contributed by atoms with Gasteiger partial charge < -0.3 is 4.42 Å². The van der Waals surface area contributed by atoms with Crippen molar-refractivity contribution in [2.24, 2.45) is 0 Å². The highest BCUT2D eigenvalue weighted by molar-refractivity contribution is 7.89. The molecule has 0 spiro atoms. The van der Waals surface area contributed by atoms with E-state index in [1.807, 2.05) is 52.0 Å². The Labute approximate surface area is 172 Å². The summed E-state index contributed by atoms with van der Waals surface area (Å²) in [5.41, 5.74) is 5.36. The van der Waals surface area contributed by atoms with Crippen molar-refractivity contribution < 1.29 is 12.8 Å². The highest BCUT2D eigenvalue weighted by Gasteiger charge is 2.32. The molecule has 0 aliphatic carbocycles. The quantitative estimate of drug-likeness (QED) is 0.654. The highest BCUT2D eigenvalue weighted by atomic mass is 32.2. The van der Waals surface area contributed by atoms with Crippen LogP contribution < -0.4 is 0 Å². The molecule has 0 radical (unpaired) electrons. The van der Waals surface area contributed by atoms with Crippen molar-refractivity contribution in [3.05, 3.63) is 58.5 Å². The average molecular weight is 414 g/mol. The van der Waals surface area contributed by atoms with Crippen LogP contribution in [-0.2, 0) is 16.6 Å². The van der Waals surface area contributed by atoms with Crippen molar-refractivity contribution in [1.82, 2.24) is 14.2 Å². The predicted molar refractivity (Wildman–Crippen MR) is 113 cm³/mol. The van der Waals surface area contributed by atoms with Crippen LogP contribution in [0.5, 0.6) is 0 Å². The summed E-state index contributed by atoms with van der Waals surface area (Å²) in [5.74, 6) is 0.670. The molecule has 154 valence electrons. The number of sulfonamides is 1. The molecule has 4 rings (SSSR count). The Morgan fingerprint density at radius 1 is 0.966 bits per heavy atom. The first kappa shape index (κ1) is 20.1. The molecule has 6 nitrogen and oxygen atoms in total. The van der Waals surface area contributed by atoms with Crippen LogP contribution in [-0.4, -0.2) is 48.8 Å². The number of aromatic nitrogens is 1. The number of fused-ring (bicyclic) bond motifs is 1. The van der Waals surface area contributed by atoms with E-state index in [0.29, 0.717) is 43.5 Å². The summed E-state index contributed by atoms with van der Waals surface area (Å²) in [6, 6.07) is 9.77. The molecular formula is C22H27N3O3S. The molecule has 0 bridgehead atoms. The Morgan fingerprint density at radius 2 is 1.59 bits per heavy atom. The number of hydrogen-bond acceptors (Lipinski definition) is 5. The van der Waals surface area contributed by atoms with Gasteiger partial charge in [-0.15, -0.1) is 0 Å². The molecule has 0 N–H and O–H groups in total. The minimum absolute atomic E-state index is 0.467. The predicted octanol–water partition coefficient (Wildman–Crippen LogP) is 3.57. The van der Waals surface area contributed by atoms with Gasteiger partial charge in [0, 0.05) is 26.2 Å². The third-order valence-corrected chi connectivity index (χ3v) is 8.10. The minimum Gasteiger partial charge on any atom is -0.439 e. The van der Waals surface area contributed by atoms with Crippen molar-refractivity contribution in [1.29, 1.82) is 0 Å². The van der Waals surface area contributed by atoms with Crippen LogP contribution in [0.4, 0.5) is 0 Å². The van der Waals surface area contributed by atoms with Crippen molar-refractivity contribution in [2.75, 3.05) is 26.2 Å². The SMILES string of the molecule is Cc1cc(C)c(C)c(S(=O)(=O)N2CCN(Cc3nc4ccccc4o3)CC2)c1C. The number of benzene rings is 2. The lowest BCUT2D eigenvalue weighted by molar-refractivity contribution is 0.169. The van der Waals surface area contributed by atoms with Gasteiger partial charge in [0.25, 0.3) is 0 Å². The number of para-hydroxylation sites is 2. The molecule has 1 aliphatic heterocycles. The number of rotatable bonds is 4. The van der Waals surface area contributed by atoms with Gasteiger partial charge in [-0.1, -0.05) is 18.2 Å². The molecule has 1 fully saturated rings. The number of piperazine rings is 1. The summed E-state index contributed by atoms with van der Waals surface area (Å²) in [4.78, 5) is 7.19. The molecule has 1 saturated heterocycles. The average Bonchev–Trinajstić information content (AvgIpc) is 3.09. The maximum atomic E-state index is 13.4. The molecule has 2 heterocycles. The number of nitrogens with zero attached hydrogens (tertiary/aromatic N) is 3. The van der Waals surface area contributed by atoms with Crippen LogP contribution in [0.2, 0.25) is 0 Å². The van der Waals surface area contributed by atoms with E-state index in [2.05, 4.69) is 16.0 Å². The van der Waals surface area contributed by atoms with Crippen LogP contribution in [0.25, 0.3) is 11.1 Å². The highest BCUT2D eigenvalue weighted by Crippen LogP contribution is 2.29. The van der Waals surface area contributed by atoms with Crippen LogP contribution in [0.15, 0.2) is 39.6 Å². The van der Waals surface area contributed by atoms with Gasteiger partial charge in [-0.2, -0.15) is 4.31 Å². The lowest BCUT2D eigenvalue weighted by atomic mass is 10.0. The van der Waals surface area contributed by atoms with E-state index in [0.717, 1.165) is 33.4 Å². The van der Waals surface area contributed by atoms with Gasteiger partial charge in [-0.3, -0.25) is 4.90 Å². The maximum absolute atomic E-state index is 13.4. The third kappa shape index (κ3) is 3.70. The molecule has 3 aromatic rings. The van der Waals surface area contributed by atoms with E-state index in [4.69, 9.17) is 4.42 Å². The first-order chi connectivity index (χ1) is 13.8. The monoisotopic (exact) mass is 413 g/mol. The summed E-state index contributed by atoms with van der Waals surface area (Å²) in [6.45, 7) is 10.6. The van der Waals surface area contributed by atoms with Gasteiger partial charge in [0.1, 0.15) is 5.52 Å². The molecule has 2 aromatic carbocycles. The Balaban J connectivity index is 1.49. The lowest BCUT2D eigenvalue weighted by Crippen LogP contribution is -2.48. The number of aryl methyl sites for hydroxylation is 2. The molecule has 0 atom stereocenters. The van der Waals surface area contributed by atoms with Crippen molar-refractivity contribution in [2.45, 2.75) is 39.1 Å². The van der Waals surface area contributed by atoms with Crippen molar-refractivity contribution in [3.63, 3.8) is 0 Å². The standard InChI is InChI=1S/C22H27N3O3S/c1-15-13-16(2)18(4)22(17(15)3)29(26,27)25-11-9-24(10-12-25)14-21-23-19-7-5-6-8-20(19)28-21/h5-8,13H,9-12,14H2,1-4H3. The fraction of sp³-hybridized carbons (Fsp3) is 0.409. The summed E-state index contributed by atoms with van der Waals surface area (Å²) in [6.07, 6.45) is 0. The summed E-state index contributed by atoms with van der Waals surface area (Å²) in [5, 5.41) is 0. The lowest BCUT2D eigenvalue weighted by Gasteiger charge is -2.34. The largest absolute Gasteiger partial charge is 0.439 e. The van der Waals surface area contributed by atoms with Gasteiger partial charge >= 0.3 is 0 Å². The first-order valence-corrected chi connectivity index (χ1v) is 11.4. The second-order valence-electron chi connectivity index (χ2n) is 7.85. The Bertz CT molecular complexity index is 1100. The summed E-state index contributed by atoms with van der Waals surface area (Å²) < 4.78 is 34.2. The summed E-state index contributed by atoms with van der Waals surface area (Å²) in [7, 11) is -3.52. The molecule has 0 amide bonds. The maximum Gasteiger partial charge on any atom is 0.243 e. The third-order valence-electron chi connectivity index (χ3n) is 5.92. The normalized spacial score (nSPS) is 16.6. The second kappa shape index (κ2) is 7.55. The van der Waals surface area contributed by atoms with Gasteiger partial charge in [-0.05, 0) is 62.1 Å². The molecule has 29 heavy (non-hydrogen) atoms. The van der Waals surface area contributed by atoms with E-state index in [9.17, 15) is 8.42 Å². The zero-order chi connectivity index (χ0) is 20.8. The topological polar surface area (TPSA) is 66.7 Å². The fourth-order valence-electron chi connectivity index (χ4n) is 4.00. The second-order valence-corrected chi connectivity index (χ2v) is 9.72. The van der Waals surface area contributed by atoms with Gasteiger partial charge in [0.15, 0.2) is 5.58 Å². The van der Waals surface area contributed by atoms with E-state index in [1.165, 1.54) is 0 Å². The Morgan fingerprint density at radius 3 is 2.21 bits per heavy atom. The summed E-state index contributed by atoms with van der Waals surface area (Å²) >= 11 is 0. The van der Waals surface area contributed by atoms with Gasteiger partial charge in [-0.25, -0.2) is 13.4 Å². The Kier molecular flexibility index (Phi) is 5.23. The van der Waals surface area contributed by atoms with Crippen LogP contribution in [0.3, 0.4) is 0 Å². The first-order valence-electron chi connectivity index (χ1n) is 9.91. The van der Waals surface area contributed by atoms with Gasteiger partial charge in [0.2, 0.25) is 15.9 Å². The zero-order valence-electron chi connectivity index (χ0n) is 17.4. The van der Waals surface area contributed by atoms with Gasteiger partial charge in [0.05, 0.1) is 11.4 Å². The van der Waals surface area contributed by atoms with E-state index >= 15 is 0 Å². The molecular weight excluding hydrogens is 386 g/mol.